The lowest BCUT2D eigenvalue weighted by atomic mass is 9.92. The van der Waals surface area contributed by atoms with E-state index < -0.39 is 17.7 Å². The number of nitrogens with zero attached hydrogens (tertiary/aromatic N) is 5. The van der Waals surface area contributed by atoms with Gasteiger partial charge in [-0.25, -0.2) is 0 Å². The molecule has 0 spiro atoms. The summed E-state index contributed by atoms with van der Waals surface area (Å²) in [7, 11) is 2.98. The van der Waals surface area contributed by atoms with Gasteiger partial charge in [-0.2, -0.15) is 5.11 Å². The first kappa shape index (κ1) is 25.1. The van der Waals surface area contributed by atoms with Crippen LogP contribution >= 0.6 is 0 Å². The molecule has 11 nitrogen and oxygen atoms in total. The van der Waals surface area contributed by atoms with Crippen LogP contribution in [0, 0.1) is 0 Å². The lowest BCUT2D eigenvalue weighted by molar-refractivity contribution is -0.127. The first-order valence-corrected chi connectivity index (χ1v) is 12.7. The van der Waals surface area contributed by atoms with E-state index >= 15 is 0 Å². The molecule has 0 radical (unpaired) electrons. The lowest BCUT2D eigenvalue weighted by Gasteiger charge is -2.29. The van der Waals surface area contributed by atoms with Gasteiger partial charge in [0.2, 0.25) is 0 Å². The second-order valence-corrected chi connectivity index (χ2v) is 9.42. The van der Waals surface area contributed by atoms with Crippen LogP contribution in [-0.2, 0) is 22.6 Å². The molecule has 6 rings (SSSR count). The van der Waals surface area contributed by atoms with Gasteiger partial charge in [0.25, 0.3) is 17.6 Å². The molecule has 0 fully saturated rings. The molecule has 2 N–H and O–H groups in total. The number of carbonyl (C=O) groups excluding carboxylic acids is 3. The molecule has 3 aromatic heterocycles. The number of hydrogen-bond donors (Lipinski definition) is 2. The first-order chi connectivity index (χ1) is 19.5. The van der Waals surface area contributed by atoms with Gasteiger partial charge in [-0.3, -0.25) is 24.4 Å². The van der Waals surface area contributed by atoms with Crippen molar-refractivity contribution < 1.29 is 19.1 Å². The molecule has 1 atom stereocenters. The Kier molecular flexibility index (Phi) is 6.39. The van der Waals surface area contributed by atoms with Crippen molar-refractivity contribution in [2.45, 2.75) is 19.0 Å². The van der Waals surface area contributed by atoms with Crippen LogP contribution in [0.1, 0.15) is 33.2 Å². The van der Waals surface area contributed by atoms with Gasteiger partial charge in [0.1, 0.15) is 17.5 Å². The topological polar surface area (TPSA) is 142 Å². The molecule has 0 aliphatic carbocycles. The van der Waals surface area contributed by atoms with Gasteiger partial charge in [-0.05, 0) is 35.8 Å². The monoisotopic (exact) mass is 535 g/mol. The van der Waals surface area contributed by atoms with Crippen LogP contribution in [0.5, 0.6) is 5.75 Å². The van der Waals surface area contributed by atoms with Crippen molar-refractivity contribution in [3.63, 3.8) is 0 Å². The smallest absolute Gasteiger partial charge is 0.295 e. The maximum atomic E-state index is 13.6. The molecular formula is C29H25N7O4. The highest BCUT2D eigenvalue weighted by Crippen LogP contribution is 2.37. The molecule has 0 saturated carbocycles. The predicted octanol–water partition coefficient (Wildman–Crippen LogP) is 3.54. The number of azo groups is 1. The zero-order valence-electron chi connectivity index (χ0n) is 21.8. The number of hydrogen-bond acceptors (Lipinski definition) is 8. The molecule has 2 aliphatic heterocycles. The molecule has 5 heterocycles. The number of ether oxygens (including phenoxy) is 1. The van der Waals surface area contributed by atoms with Crippen molar-refractivity contribution >= 4 is 28.5 Å². The average molecular weight is 536 g/mol. The van der Waals surface area contributed by atoms with Crippen LogP contribution in [0.2, 0.25) is 0 Å². The highest BCUT2D eigenvalue weighted by atomic mass is 16.5. The van der Waals surface area contributed by atoms with Crippen molar-refractivity contribution in [2.75, 3.05) is 20.7 Å². The third-order valence-corrected chi connectivity index (χ3v) is 7.20. The van der Waals surface area contributed by atoms with Gasteiger partial charge in [-0.1, -0.05) is 24.3 Å². The van der Waals surface area contributed by atoms with E-state index in [-0.39, 0.29) is 17.2 Å². The average Bonchev–Trinajstić information content (AvgIpc) is 3.68. The van der Waals surface area contributed by atoms with Crippen molar-refractivity contribution in [2.24, 2.45) is 10.2 Å². The van der Waals surface area contributed by atoms with Crippen molar-refractivity contribution in [3.05, 3.63) is 89.1 Å². The maximum Gasteiger partial charge on any atom is 0.295 e. The normalized spacial score (nSPS) is 16.0. The van der Waals surface area contributed by atoms with Crippen LogP contribution in [-0.4, -0.2) is 58.2 Å². The van der Waals surface area contributed by atoms with Crippen LogP contribution < -0.4 is 10.1 Å². The minimum Gasteiger partial charge on any atom is -0.494 e. The van der Waals surface area contributed by atoms with Crippen LogP contribution in [0.15, 0.2) is 77.0 Å². The van der Waals surface area contributed by atoms with E-state index in [2.05, 4.69) is 30.5 Å². The number of carbonyl (C=O) groups is 3. The first-order valence-electron chi connectivity index (χ1n) is 12.7. The summed E-state index contributed by atoms with van der Waals surface area (Å²) in [6.07, 6.45) is 6.93. The van der Waals surface area contributed by atoms with E-state index in [1.807, 2.05) is 36.4 Å². The summed E-state index contributed by atoms with van der Waals surface area (Å²) in [5.41, 5.74) is 5.34. The van der Waals surface area contributed by atoms with E-state index in [0.717, 1.165) is 22.4 Å². The Morgan fingerprint density at radius 1 is 1.12 bits per heavy atom. The maximum absolute atomic E-state index is 13.6. The summed E-state index contributed by atoms with van der Waals surface area (Å²) >= 11 is 0. The number of pyridine rings is 2. The van der Waals surface area contributed by atoms with E-state index in [1.165, 1.54) is 26.6 Å². The van der Waals surface area contributed by atoms with E-state index in [9.17, 15) is 14.4 Å². The fourth-order valence-electron chi connectivity index (χ4n) is 5.22. The predicted molar refractivity (Wildman–Crippen MR) is 146 cm³/mol. The molecule has 2 aliphatic rings. The van der Waals surface area contributed by atoms with Crippen molar-refractivity contribution in [1.82, 2.24) is 25.2 Å². The quantitative estimate of drug-likeness (QED) is 0.286. The number of aromatic amines is 1. The number of amides is 2. The molecule has 200 valence electrons. The number of benzene rings is 1. The van der Waals surface area contributed by atoms with Gasteiger partial charge < -0.3 is 19.9 Å². The van der Waals surface area contributed by atoms with Gasteiger partial charge >= 0.3 is 0 Å². The summed E-state index contributed by atoms with van der Waals surface area (Å²) < 4.78 is 5.50. The van der Waals surface area contributed by atoms with Crippen molar-refractivity contribution in [3.8, 4) is 17.0 Å². The molecule has 40 heavy (non-hydrogen) atoms. The number of rotatable bonds is 6. The van der Waals surface area contributed by atoms with Crippen molar-refractivity contribution in [1.29, 1.82) is 0 Å². The molecule has 4 aromatic rings. The fraction of sp³-hybridized carbons (Fsp3) is 0.207. The van der Waals surface area contributed by atoms with E-state index in [4.69, 9.17) is 4.74 Å². The van der Waals surface area contributed by atoms with Gasteiger partial charge in [-0.15, -0.1) is 5.11 Å². The Hall–Kier alpha value is -5.19. The Balaban J connectivity index is 1.30. The molecule has 0 saturated heterocycles. The van der Waals surface area contributed by atoms with Gasteiger partial charge in [0.05, 0.1) is 41.2 Å². The highest BCUT2D eigenvalue weighted by molar-refractivity contribution is 6.45. The molecular weight excluding hydrogens is 510 g/mol. The summed E-state index contributed by atoms with van der Waals surface area (Å²) in [5, 5.41) is 11.0. The number of nitrogens with one attached hydrogen (secondary N) is 2. The minimum atomic E-state index is -0.652. The molecule has 11 heteroatoms. The number of fused-ring (bicyclic) bond motifs is 2. The summed E-state index contributed by atoms with van der Waals surface area (Å²) in [4.78, 5) is 52.6. The summed E-state index contributed by atoms with van der Waals surface area (Å²) in [5.74, 6) is -1.27. The van der Waals surface area contributed by atoms with Crippen LogP contribution in [0.25, 0.3) is 22.2 Å². The Bertz CT molecular complexity index is 1730. The molecule has 1 unspecified atom stereocenters. The SMILES string of the molecule is CNC(=O)C1=CC(c2ncc(OC)c3c(C(=O)C(=O)N4CCc5c(cccc5-c5ccccn5)C4)c[nH]c23)N=N1. The number of H-pyrrole nitrogens is 1. The summed E-state index contributed by atoms with van der Waals surface area (Å²) in [6, 6.07) is 11.1. The minimum absolute atomic E-state index is 0.174. The lowest BCUT2D eigenvalue weighted by Crippen LogP contribution is -2.40. The molecule has 1 aromatic carbocycles. The van der Waals surface area contributed by atoms with E-state index in [1.54, 1.807) is 17.2 Å². The second kappa shape index (κ2) is 10.2. The number of Topliss-reactive ketones (excluding diaryl/α,β-unsaturated/α-hetero) is 1. The Labute approximate surface area is 229 Å². The number of likely N-dealkylation sites (N-methyl/N-ethyl adjacent to an activating group) is 1. The largest absolute Gasteiger partial charge is 0.494 e. The molecule has 2 amide bonds. The van der Waals surface area contributed by atoms with E-state index in [0.29, 0.717) is 41.9 Å². The Morgan fingerprint density at radius 2 is 2.00 bits per heavy atom. The number of aromatic nitrogens is 3. The highest BCUT2D eigenvalue weighted by Gasteiger charge is 2.32. The fourth-order valence-corrected chi connectivity index (χ4v) is 5.22. The second-order valence-electron chi connectivity index (χ2n) is 9.42. The van der Waals surface area contributed by atoms with Crippen LogP contribution in [0.3, 0.4) is 0 Å². The zero-order chi connectivity index (χ0) is 27.8. The zero-order valence-corrected chi connectivity index (χ0v) is 21.8. The standard InChI is InChI=1S/C29H25N7O4/c1-30-28(38)22-12-21(34-35-22)25-26-24(23(40-2)14-33-25)19(13-32-26)27(37)29(39)36-11-9-17-16(15-36)6-5-7-18(17)20-8-3-4-10-31-20/h3-8,10,12-14,21,32H,9,11,15H2,1-2H3,(H,30,38). The third kappa shape index (κ3) is 4.21. The molecule has 0 bridgehead atoms. The number of methoxy groups -OCH3 is 1. The number of ketones is 1. The van der Waals surface area contributed by atoms with Gasteiger partial charge in [0.15, 0.2) is 0 Å². The summed E-state index contributed by atoms with van der Waals surface area (Å²) in [6.45, 7) is 0.728. The third-order valence-electron chi connectivity index (χ3n) is 7.20. The Morgan fingerprint density at radius 3 is 2.77 bits per heavy atom. The van der Waals surface area contributed by atoms with Crippen LogP contribution in [0.4, 0.5) is 0 Å². The van der Waals surface area contributed by atoms with Gasteiger partial charge in [0, 0.05) is 38.1 Å².